The lowest BCUT2D eigenvalue weighted by Gasteiger charge is -2.56. The molecule has 3 aromatic rings. The van der Waals surface area contributed by atoms with Gasteiger partial charge in [0.25, 0.3) is 0 Å². The van der Waals surface area contributed by atoms with Gasteiger partial charge in [-0.1, -0.05) is 78.9 Å². The Morgan fingerprint density at radius 3 is 2.38 bits per heavy atom. The fourth-order valence-electron chi connectivity index (χ4n) is 6.08. The van der Waals surface area contributed by atoms with E-state index < -0.39 is 11.3 Å². The van der Waals surface area contributed by atoms with Gasteiger partial charge in [-0.2, -0.15) is 0 Å². The first-order valence-corrected chi connectivity index (χ1v) is 11.0. The second kappa shape index (κ2) is 6.92. The number of carbonyl (C=O) groups excluding carboxylic acids is 2. The molecule has 2 amide bonds. The minimum Gasteiger partial charge on any atom is -0.497 e. The zero-order valence-corrected chi connectivity index (χ0v) is 17.8. The van der Waals surface area contributed by atoms with E-state index in [1.807, 2.05) is 78.9 Å². The van der Waals surface area contributed by atoms with E-state index in [1.165, 1.54) is 4.90 Å². The third-order valence-corrected chi connectivity index (χ3v) is 7.47. The highest BCUT2D eigenvalue weighted by atomic mass is 16.5. The van der Waals surface area contributed by atoms with E-state index in [1.54, 1.807) is 7.11 Å². The van der Waals surface area contributed by atoms with Crippen molar-refractivity contribution in [2.45, 2.75) is 17.9 Å². The van der Waals surface area contributed by atoms with Crippen LogP contribution in [0.5, 0.6) is 5.75 Å². The van der Waals surface area contributed by atoms with Gasteiger partial charge in [-0.15, -0.1) is 0 Å². The summed E-state index contributed by atoms with van der Waals surface area (Å²) < 4.78 is 5.32. The number of methoxy groups -OCH3 is 1. The Balaban J connectivity index is 1.48. The zero-order valence-electron chi connectivity index (χ0n) is 17.8. The van der Waals surface area contributed by atoms with Crippen LogP contribution in [0.2, 0.25) is 0 Å². The average molecular weight is 421 g/mol. The van der Waals surface area contributed by atoms with Crippen molar-refractivity contribution >= 4 is 17.9 Å². The van der Waals surface area contributed by atoms with E-state index in [4.69, 9.17) is 4.74 Å². The number of rotatable bonds is 4. The summed E-state index contributed by atoms with van der Waals surface area (Å²) in [5.41, 5.74) is 3.23. The fourth-order valence-corrected chi connectivity index (χ4v) is 6.08. The first-order chi connectivity index (χ1) is 15.7. The lowest BCUT2D eigenvalue weighted by atomic mass is 9.42. The standard InChI is InChI=1S/C28H23NO3/c1-32-21-14-11-20(12-15-21)24-23-16-13-19-9-5-6-10-22(19)28(23)25(24)26(30)29(27(28)31)17-18-7-3-2-4-8-18/h2-16,23-25H,17H2,1H3. The zero-order chi connectivity index (χ0) is 21.9. The average Bonchev–Trinajstić information content (AvgIpc) is 2.98. The van der Waals surface area contributed by atoms with Gasteiger partial charge < -0.3 is 4.74 Å². The molecule has 0 N–H and O–H groups in total. The summed E-state index contributed by atoms with van der Waals surface area (Å²) >= 11 is 0. The third kappa shape index (κ3) is 2.38. The van der Waals surface area contributed by atoms with E-state index in [0.29, 0.717) is 6.54 Å². The molecule has 1 spiro atoms. The number of allylic oxidation sites excluding steroid dienone is 1. The van der Waals surface area contributed by atoms with Crippen LogP contribution < -0.4 is 4.74 Å². The molecule has 0 aromatic heterocycles. The smallest absolute Gasteiger partial charge is 0.241 e. The van der Waals surface area contributed by atoms with Crippen LogP contribution >= 0.6 is 0 Å². The quantitative estimate of drug-likeness (QED) is 0.581. The van der Waals surface area contributed by atoms with E-state index >= 15 is 0 Å². The lowest BCUT2D eigenvalue weighted by Crippen LogP contribution is -2.61. The predicted octanol–water partition coefficient (Wildman–Crippen LogP) is 4.56. The second-order valence-corrected chi connectivity index (χ2v) is 8.83. The molecule has 3 aliphatic rings. The van der Waals surface area contributed by atoms with E-state index in [2.05, 4.69) is 12.2 Å². The van der Waals surface area contributed by atoms with Crippen molar-refractivity contribution in [3.63, 3.8) is 0 Å². The first kappa shape index (κ1) is 19.1. The summed E-state index contributed by atoms with van der Waals surface area (Å²) in [6.07, 6.45) is 4.25. The van der Waals surface area contributed by atoms with E-state index in [-0.39, 0.29) is 23.7 Å². The molecule has 4 unspecified atom stereocenters. The van der Waals surface area contributed by atoms with Crippen LogP contribution in [0.25, 0.3) is 6.08 Å². The molecular weight excluding hydrogens is 398 g/mol. The van der Waals surface area contributed by atoms with Crippen LogP contribution in [0.1, 0.15) is 28.2 Å². The van der Waals surface area contributed by atoms with Crippen LogP contribution in [0.3, 0.4) is 0 Å². The van der Waals surface area contributed by atoms with Gasteiger partial charge in [-0.25, -0.2) is 0 Å². The Kier molecular flexibility index (Phi) is 4.12. The molecule has 2 fully saturated rings. The molecule has 4 nitrogen and oxygen atoms in total. The van der Waals surface area contributed by atoms with E-state index in [0.717, 1.165) is 28.0 Å². The molecule has 1 heterocycles. The maximum atomic E-state index is 14.0. The van der Waals surface area contributed by atoms with Gasteiger partial charge >= 0.3 is 0 Å². The predicted molar refractivity (Wildman–Crippen MR) is 122 cm³/mol. The first-order valence-electron chi connectivity index (χ1n) is 11.0. The van der Waals surface area contributed by atoms with Crippen molar-refractivity contribution in [2.24, 2.45) is 11.8 Å². The maximum Gasteiger partial charge on any atom is 0.241 e. The van der Waals surface area contributed by atoms with Crippen molar-refractivity contribution < 1.29 is 14.3 Å². The van der Waals surface area contributed by atoms with Gasteiger partial charge in [0.15, 0.2) is 0 Å². The summed E-state index contributed by atoms with van der Waals surface area (Å²) in [6.45, 7) is 0.310. The Labute approximate surface area is 187 Å². The summed E-state index contributed by atoms with van der Waals surface area (Å²) in [5, 5.41) is 0. The normalized spacial score (nSPS) is 27.4. The van der Waals surface area contributed by atoms with Crippen LogP contribution in [0.15, 0.2) is 84.9 Å². The van der Waals surface area contributed by atoms with Crippen molar-refractivity contribution in [3.05, 3.63) is 107 Å². The number of amides is 2. The molecule has 4 heteroatoms. The molecule has 1 saturated carbocycles. The van der Waals surface area contributed by atoms with Crippen molar-refractivity contribution in [1.82, 2.24) is 4.90 Å². The van der Waals surface area contributed by atoms with Crippen LogP contribution in [-0.4, -0.2) is 23.8 Å². The molecular formula is C28H23NO3. The Morgan fingerprint density at radius 2 is 1.62 bits per heavy atom. The number of likely N-dealkylation sites (tertiary alicyclic amines) is 1. The molecule has 3 aromatic carbocycles. The molecule has 158 valence electrons. The van der Waals surface area contributed by atoms with Gasteiger partial charge in [0, 0.05) is 11.8 Å². The monoisotopic (exact) mass is 421 g/mol. The summed E-state index contributed by atoms with van der Waals surface area (Å²) in [7, 11) is 1.64. The van der Waals surface area contributed by atoms with Crippen LogP contribution in [0.4, 0.5) is 0 Å². The van der Waals surface area contributed by atoms with Crippen LogP contribution in [0, 0.1) is 11.8 Å². The topological polar surface area (TPSA) is 46.6 Å². The Bertz CT molecular complexity index is 1250. The number of hydrogen-bond acceptors (Lipinski definition) is 3. The highest BCUT2D eigenvalue weighted by Gasteiger charge is 2.75. The van der Waals surface area contributed by atoms with Gasteiger partial charge in [-0.05, 0) is 34.4 Å². The molecule has 2 aliphatic carbocycles. The highest BCUT2D eigenvalue weighted by Crippen LogP contribution is 2.68. The van der Waals surface area contributed by atoms with Crippen molar-refractivity contribution in [1.29, 1.82) is 0 Å². The number of fused-ring (bicyclic) bond motifs is 1. The van der Waals surface area contributed by atoms with Gasteiger partial charge in [0.05, 0.1) is 25.0 Å². The Hall–Kier alpha value is -3.66. The second-order valence-electron chi connectivity index (χ2n) is 8.83. The molecule has 1 aliphatic heterocycles. The third-order valence-electron chi connectivity index (χ3n) is 7.47. The minimum absolute atomic E-state index is 0.0391. The largest absolute Gasteiger partial charge is 0.497 e. The molecule has 1 saturated heterocycles. The van der Waals surface area contributed by atoms with Crippen molar-refractivity contribution in [2.75, 3.05) is 7.11 Å². The number of carbonyl (C=O) groups is 2. The minimum atomic E-state index is -0.818. The summed E-state index contributed by atoms with van der Waals surface area (Å²) in [5.74, 6) is 0.159. The van der Waals surface area contributed by atoms with E-state index in [9.17, 15) is 9.59 Å². The van der Waals surface area contributed by atoms with Crippen molar-refractivity contribution in [3.8, 4) is 5.75 Å². The van der Waals surface area contributed by atoms with Gasteiger partial charge in [0.1, 0.15) is 5.75 Å². The molecule has 32 heavy (non-hydrogen) atoms. The molecule has 0 bridgehead atoms. The maximum absolute atomic E-state index is 14.0. The molecule has 0 radical (unpaired) electrons. The van der Waals surface area contributed by atoms with Gasteiger partial charge in [-0.3, -0.25) is 14.5 Å². The summed E-state index contributed by atoms with van der Waals surface area (Å²) in [6, 6.07) is 25.7. The number of benzene rings is 3. The fraction of sp³-hybridized carbons (Fsp3) is 0.214. The molecule has 6 rings (SSSR count). The summed E-state index contributed by atoms with van der Waals surface area (Å²) in [4.78, 5) is 29.3. The number of hydrogen-bond donors (Lipinski definition) is 0. The van der Waals surface area contributed by atoms with Crippen LogP contribution in [-0.2, 0) is 21.5 Å². The highest BCUT2D eigenvalue weighted by molar-refractivity contribution is 6.14. The lowest BCUT2D eigenvalue weighted by molar-refractivity contribution is -0.140. The Morgan fingerprint density at radius 1 is 0.906 bits per heavy atom. The number of ether oxygens (including phenoxy) is 1. The SMILES string of the molecule is COc1ccc(C2C3C=Cc4ccccc4C34C(=O)N(Cc3ccccc3)C(=O)C24)cc1. The molecule has 4 atom stereocenters. The number of imide groups is 1. The number of nitrogens with zero attached hydrogens (tertiary/aromatic N) is 1. The van der Waals surface area contributed by atoms with Gasteiger partial charge in [0.2, 0.25) is 11.8 Å².